The molecule has 29 heavy (non-hydrogen) atoms. The van der Waals surface area contributed by atoms with Crippen LogP contribution in [-0.4, -0.2) is 27.2 Å². The van der Waals surface area contributed by atoms with Gasteiger partial charge in [0.25, 0.3) is 5.91 Å². The zero-order valence-corrected chi connectivity index (χ0v) is 18.0. The number of amides is 1. The highest BCUT2D eigenvalue weighted by atomic mass is 32.2. The zero-order chi connectivity index (χ0) is 20.2. The van der Waals surface area contributed by atoms with Gasteiger partial charge in [-0.25, -0.2) is 13.1 Å². The molecule has 5 aliphatic rings. The van der Waals surface area contributed by atoms with Crippen molar-refractivity contribution in [2.45, 2.75) is 63.7 Å². The molecule has 1 amide bonds. The Kier molecular flexibility index (Phi) is 4.68. The van der Waals surface area contributed by atoms with Crippen molar-refractivity contribution in [3.63, 3.8) is 0 Å². The highest BCUT2D eigenvalue weighted by molar-refractivity contribution is 7.89. The van der Waals surface area contributed by atoms with Crippen LogP contribution in [0.5, 0.6) is 5.75 Å². The van der Waals surface area contributed by atoms with Gasteiger partial charge < -0.3 is 4.74 Å². The molecule has 0 saturated heterocycles. The summed E-state index contributed by atoms with van der Waals surface area (Å²) in [5.41, 5.74) is 1.81. The third-order valence-corrected chi connectivity index (χ3v) is 8.35. The van der Waals surface area contributed by atoms with E-state index in [4.69, 9.17) is 4.74 Å². The number of carbonyl (C=O) groups is 1. The van der Waals surface area contributed by atoms with E-state index in [1.165, 1.54) is 44.9 Å². The number of benzene rings is 1. The normalized spacial score (nSPS) is 33.3. The SMILES string of the molecule is CS(=O)(=O)NC(=O)c1ccc(OCC23CC4CC(CC(C4)C2)C3)c(C2CCC2)c1. The average Bonchev–Trinajstić information content (AvgIpc) is 2.56. The first-order valence-corrected chi connectivity index (χ1v) is 13.0. The summed E-state index contributed by atoms with van der Waals surface area (Å²) in [7, 11) is -3.57. The molecule has 0 spiro atoms. The van der Waals surface area contributed by atoms with Gasteiger partial charge in [-0.3, -0.25) is 4.79 Å². The fraction of sp³-hybridized carbons (Fsp3) is 0.696. The minimum absolute atomic E-state index is 0.345. The summed E-state index contributed by atoms with van der Waals surface area (Å²) >= 11 is 0. The second-order valence-corrected chi connectivity index (χ2v) is 12.0. The molecule has 5 aliphatic carbocycles. The summed E-state index contributed by atoms with van der Waals surface area (Å²) in [6, 6.07) is 5.42. The number of rotatable bonds is 6. The van der Waals surface area contributed by atoms with Gasteiger partial charge in [0.1, 0.15) is 5.75 Å². The fourth-order valence-electron chi connectivity index (χ4n) is 6.78. The zero-order valence-electron chi connectivity index (χ0n) is 17.2. The molecular weight excluding hydrogens is 386 g/mol. The molecule has 4 bridgehead atoms. The molecule has 0 heterocycles. The fourth-order valence-corrected chi connectivity index (χ4v) is 7.24. The van der Waals surface area contributed by atoms with Gasteiger partial charge in [0.2, 0.25) is 10.0 Å². The molecule has 0 radical (unpaired) electrons. The molecule has 1 N–H and O–H groups in total. The second-order valence-electron chi connectivity index (χ2n) is 10.3. The van der Waals surface area contributed by atoms with Gasteiger partial charge in [-0.05, 0) is 98.8 Å². The first kappa shape index (κ1) is 19.4. The van der Waals surface area contributed by atoms with Crippen LogP contribution >= 0.6 is 0 Å². The summed E-state index contributed by atoms with van der Waals surface area (Å²) in [5.74, 6) is 3.43. The van der Waals surface area contributed by atoms with E-state index in [9.17, 15) is 13.2 Å². The minimum atomic E-state index is -3.57. The van der Waals surface area contributed by atoms with E-state index in [1.807, 2.05) is 12.1 Å². The second kappa shape index (κ2) is 7.00. The van der Waals surface area contributed by atoms with Gasteiger partial charge in [-0.15, -0.1) is 0 Å². The smallest absolute Gasteiger partial charge is 0.264 e. The maximum absolute atomic E-state index is 12.3. The number of hydrogen-bond acceptors (Lipinski definition) is 4. The molecule has 1 aromatic carbocycles. The predicted octanol–water partition coefficient (Wildman–Crippen LogP) is 4.24. The largest absolute Gasteiger partial charge is 0.493 e. The molecule has 0 aliphatic heterocycles. The lowest BCUT2D eigenvalue weighted by atomic mass is 9.50. The molecule has 158 valence electrons. The minimum Gasteiger partial charge on any atom is -0.493 e. The molecule has 0 unspecified atom stereocenters. The standard InChI is InChI=1S/C23H31NO4S/c1-29(26,27)24-22(25)19-5-6-21(20(10-19)18-3-2-4-18)28-14-23-11-15-7-16(12-23)9-17(8-15)13-23/h5-6,10,15-18H,2-4,7-9,11-14H2,1H3,(H,24,25). The van der Waals surface area contributed by atoms with E-state index in [2.05, 4.69) is 4.72 Å². The molecular formula is C23H31NO4S. The first-order chi connectivity index (χ1) is 13.8. The maximum Gasteiger partial charge on any atom is 0.264 e. The van der Waals surface area contributed by atoms with Crippen LogP contribution in [0, 0.1) is 23.2 Å². The van der Waals surface area contributed by atoms with Crippen LogP contribution in [0.25, 0.3) is 0 Å². The molecule has 0 aromatic heterocycles. The highest BCUT2D eigenvalue weighted by Crippen LogP contribution is 2.60. The Labute approximate surface area is 173 Å². The lowest BCUT2D eigenvalue weighted by Crippen LogP contribution is -2.48. The van der Waals surface area contributed by atoms with Crippen molar-refractivity contribution < 1.29 is 17.9 Å². The van der Waals surface area contributed by atoms with Crippen molar-refractivity contribution in [1.29, 1.82) is 0 Å². The Morgan fingerprint density at radius 2 is 1.72 bits per heavy atom. The van der Waals surface area contributed by atoms with E-state index in [-0.39, 0.29) is 0 Å². The van der Waals surface area contributed by atoms with Crippen molar-refractivity contribution in [3.8, 4) is 5.75 Å². The number of carbonyl (C=O) groups excluding carboxylic acids is 1. The Morgan fingerprint density at radius 3 is 2.24 bits per heavy atom. The first-order valence-electron chi connectivity index (χ1n) is 11.1. The van der Waals surface area contributed by atoms with Gasteiger partial charge in [-0.2, -0.15) is 0 Å². The topological polar surface area (TPSA) is 72.5 Å². The van der Waals surface area contributed by atoms with Crippen LogP contribution < -0.4 is 9.46 Å². The van der Waals surface area contributed by atoms with Gasteiger partial charge in [-0.1, -0.05) is 6.42 Å². The summed E-state index contributed by atoms with van der Waals surface area (Å²) in [6.45, 7) is 0.783. The van der Waals surface area contributed by atoms with Gasteiger partial charge >= 0.3 is 0 Å². The molecule has 5 saturated carbocycles. The van der Waals surface area contributed by atoms with Crippen LogP contribution in [0.4, 0.5) is 0 Å². The summed E-state index contributed by atoms with van der Waals surface area (Å²) in [6.07, 6.45) is 12.6. The molecule has 5 nitrogen and oxygen atoms in total. The van der Waals surface area contributed by atoms with Crippen LogP contribution in [0.3, 0.4) is 0 Å². The molecule has 0 atom stereocenters. The summed E-state index contributed by atoms with van der Waals surface area (Å²) in [5, 5.41) is 0. The van der Waals surface area contributed by atoms with E-state index in [0.29, 0.717) is 16.9 Å². The van der Waals surface area contributed by atoms with Gasteiger partial charge in [0.15, 0.2) is 0 Å². The van der Waals surface area contributed by atoms with Crippen molar-refractivity contribution in [3.05, 3.63) is 29.3 Å². The maximum atomic E-state index is 12.3. The Balaban J connectivity index is 1.35. The lowest BCUT2D eigenvalue weighted by Gasteiger charge is -2.56. The monoisotopic (exact) mass is 417 g/mol. The third kappa shape index (κ3) is 3.92. The molecule has 1 aromatic rings. The number of hydrogen-bond donors (Lipinski definition) is 1. The summed E-state index contributed by atoms with van der Waals surface area (Å²) in [4.78, 5) is 12.3. The van der Waals surface area contributed by atoms with Crippen LogP contribution in [-0.2, 0) is 10.0 Å². The molecule has 6 rings (SSSR count). The van der Waals surface area contributed by atoms with E-state index in [1.54, 1.807) is 6.07 Å². The molecule has 5 fully saturated rings. The highest BCUT2D eigenvalue weighted by Gasteiger charge is 2.51. The van der Waals surface area contributed by atoms with Crippen LogP contribution in [0.2, 0.25) is 0 Å². The van der Waals surface area contributed by atoms with Crippen LogP contribution in [0.15, 0.2) is 18.2 Å². The Bertz CT molecular complexity index is 884. The predicted molar refractivity (Wildman–Crippen MR) is 111 cm³/mol. The van der Waals surface area contributed by atoms with Gasteiger partial charge in [0, 0.05) is 11.0 Å². The Hall–Kier alpha value is -1.56. The van der Waals surface area contributed by atoms with Crippen molar-refractivity contribution in [2.75, 3.05) is 12.9 Å². The Morgan fingerprint density at radius 1 is 1.10 bits per heavy atom. The van der Waals surface area contributed by atoms with Crippen molar-refractivity contribution >= 4 is 15.9 Å². The number of sulfonamides is 1. The number of ether oxygens (including phenoxy) is 1. The summed E-state index contributed by atoms with van der Waals surface area (Å²) < 4.78 is 31.4. The van der Waals surface area contributed by atoms with E-state index < -0.39 is 15.9 Å². The van der Waals surface area contributed by atoms with Gasteiger partial charge in [0.05, 0.1) is 12.9 Å². The van der Waals surface area contributed by atoms with E-state index >= 15 is 0 Å². The average molecular weight is 418 g/mol. The molecule has 6 heteroatoms. The quantitative estimate of drug-likeness (QED) is 0.751. The lowest BCUT2D eigenvalue weighted by molar-refractivity contribution is -0.0747. The third-order valence-electron chi connectivity index (χ3n) is 7.79. The number of nitrogens with one attached hydrogen (secondary N) is 1. The van der Waals surface area contributed by atoms with Crippen LogP contribution in [0.1, 0.15) is 79.6 Å². The van der Waals surface area contributed by atoms with Crippen molar-refractivity contribution in [2.24, 2.45) is 23.2 Å². The van der Waals surface area contributed by atoms with Crippen molar-refractivity contribution in [1.82, 2.24) is 4.72 Å². The van der Waals surface area contributed by atoms with E-state index in [0.717, 1.165) is 54.8 Å².